The number of nitrogens with one attached hydrogen (secondary N) is 1. The van der Waals surface area contributed by atoms with Crippen LogP contribution in [0.15, 0.2) is 18.7 Å². The Balaban J connectivity index is 2.49. The number of carboxylic acids is 1. The van der Waals surface area contributed by atoms with E-state index in [4.69, 9.17) is 5.11 Å². The smallest absolute Gasteiger partial charge is 0.329 e. The van der Waals surface area contributed by atoms with Crippen molar-refractivity contribution in [1.29, 1.82) is 0 Å². The van der Waals surface area contributed by atoms with Crippen LogP contribution in [0.5, 0.6) is 0 Å². The first-order valence-corrected chi connectivity index (χ1v) is 5.98. The zero-order chi connectivity index (χ0) is 13.6. The van der Waals surface area contributed by atoms with Gasteiger partial charge in [0.25, 0.3) is 0 Å². The highest BCUT2D eigenvalue weighted by Gasteiger charge is 2.33. The first-order valence-electron chi connectivity index (χ1n) is 5.98. The van der Waals surface area contributed by atoms with Crippen molar-refractivity contribution in [1.82, 2.24) is 14.9 Å². The van der Waals surface area contributed by atoms with E-state index in [2.05, 4.69) is 10.3 Å². The lowest BCUT2D eigenvalue weighted by Gasteiger charge is -2.25. The van der Waals surface area contributed by atoms with E-state index in [0.29, 0.717) is 19.4 Å². The fraction of sp³-hybridized carbons (Fsp3) is 0.583. The Hall–Kier alpha value is -1.85. The van der Waals surface area contributed by atoms with E-state index in [0.717, 1.165) is 0 Å². The van der Waals surface area contributed by atoms with Gasteiger partial charge in [-0.05, 0) is 13.3 Å². The molecule has 0 radical (unpaired) electrons. The monoisotopic (exact) mass is 253 g/mol. The molecule has 1 atom stereocenters. The number of amides is 1. The second-order valence-electron chi connectivity index (χ2n) is 4.49. The third-order valence-electron chi connectivity index (χ3n) is 2.79. The Morgan fingerprint density at radius 2 is 2.22 bits per heavy atom. The molecule has 2 N–H and O–H groups in total. The summed E-state index contributed by atoms with van der Waals surface area (Å²) in [4.78, 5) is 26.7. The molecule has 1 aromatic heterocycles. The standard InChI is InChI=1S/C12H19N3O3/c1-3-5-12(2,11(17)18)14-10(16)4-7-15-8-6-13-9-15/h6,8-9H,3-5,7H2,1-2H3,(H,14,16)(H,17,18). The number of hydrogen-bond donors (Lipinski definition) is 2. The number of aromatic nitrogens is 2. The van der Waals surface area contributed by atoms with Crippen molar-refractivity contribution in [2.24, 2.45) is 0 Å². The molecule has 1 rings (SSSR count). The van der Waals surface area contributed by atoms with E-state index in [9.17, 15) is 9.59 Å². The van der Waals surface area contributed by atoms with Crippen LogP contribution < -0.4 is 5.32 Å². The van der Waals surface area contributed by atoms with Crippen LogP contribution >= 0.6 is 0 Å². The van der Waals surface area contributed by atoms with Crippen LogP contribution in [-0.4, -0.2) is 32.1 Å². The van der Waals surface area contributed by atoms with Crippen LogP contribution in [0.1, 0.15) is 33.1 Å². The average Bonchev–Trinajstić information content (AvgIpc) is 2.79. The largest absolute Gasteiger partial charge is 0.480 e. The van der Waals surface area contributed by atoms with Crippen LogP contribution in [0, 0.1) is 0 Å². The summed E-state index contributed by atoms with van der Waals surface area (Å²) >= 11 is 0. The number of hydrogen-bond acceptors (Lipinski definition) is 3. The number of imidazole rings is 1. The van der Waals surface area contributed by atoms with E-state index < -0.39 is 11.5 Å². The van der Waals surface area contributed by atoms with Crippen LogP contribution in [0.4, 0.5) is 0 Å². The molecule has 0 spiro atoms. The maximum atomic E-state index is 11.7. The Kier molecular flexibility index (Phi) is 4.88. The quantitative estimate of drug-likeness (QED) is 0.760. The average molecular weight is 253 g/mol. The highest BCUT2D eigenvalue weighted by Crippen LogP contribution is 2.12. The van der Waals surface area contributed by atoms with Crippen LogP contribution in [0.3, 0.4) is 0 Å². The first-order chi connectivity index (χ1) is 8.48. The molecule has 1 unspecified atom stereocenters. The molecule has 1 aromatic rings. The minimum atomic E-state index is -1.18. The summed E-state index contributed by atoms with van der Waals surface area (Å²) in [5.41, 5.74) is -1.18. The van der Waals surface area contributed by atoms with Gasteiger partial charge in [-0.3, -0.25) is 4.79 Å². The zero-order valence-corrected chi connectivity index (χ0v) is 10.7. The minimum Gasteiger partial charge on any atom is -0.480 e. The van der Waals surface area contributed by atoms with Gasteiger partial charge in [-0.15, -0.1) is 0 Å². The maximum Gasteiger partial charge on any atom is 0.329 e. The molecule has 0 fully saturated rings. The molecule has 0 aliphatic heterocycles. The predicted octanol–water partition coefficient (Wildman–Crippen LogP) is 1.03. The fourth-order valence-corrected chi connectivity index (χ4v) is 1.74. The first kappa shape index (κ1) is 14.2. The van der Waals surface area contributed by atoms with Crippen molar-refractivity contribution in [3.63, 3.8) is 0 Å². The lowest BCUT2D eigenvalue weighted by molar-refractivity contribution is -0.147. The predicted molar refractivity (Wildman–Crippen MR) is 65.9 cm³/mol. The normalized spacial score (nSPS) is 13.9. The maximum absolute atomic E-state index is 11.7. The summed E-state index contributed by atoms with van der Waals surface area (Å²) in [5, 5.41) is 11.7. The summed E-state index contributed by atoms with van der Waals surface area (Å²) in [6.07, 6.45) is 6.37. The SMILES string of the molecule is CCCC(C)(NC(=O)CCn1ccnc1)C(=O)O. The molecule has 0 saturated carbocycles. The van der Waals surface area contributed by atoms with Crippen LogP contribution in [0.25, 0.3) is 0 Å². The van der Waals surface area contributed by atoms with Crippen molar-refractivity contribution in [2.75, 3.05) is 0 Å². The van der Waals surface area contributed by atoms with Crippen molar-refractivity contribution >= 4 is 11.9 Å². The Labute approximate surface area is 106 Å². The van der Waals surface area contributed by atoms with Crippen molar-refractivity contribution in [2.45, 2.75) is 45.2 Å². The topological polar surface area (TPSA) is 84.2 Å². The molecule has 0 bridgehead atoms. The molecule has 0 aromatic carbocycles. The van der Waals surface area contributed by atoms with Gasteiger partial charge in [0.1, 0.15) is 5.54 Å². The molecular weight excluding hydrogens is 234 g/mol. The van der Waals surface area contributed by atoms with Gasteiger partial charge < -0.3 is 15.0 Å². The number of carboxylic acid groups (broad SMARTS) is 1. The molecule has 1 amide bonds. The van der Waals surface area contributed by atoms with Gasteiger partial charge in [-0.1, -0.05) is 13.3 Å². The second-order valence-corrected chi connectivity index (χ2v) is 4.49. The Morgan fingerprint density at radius 1 is 1.50 bits per heavy atom. The third-order valence-corrected chi connectivity index (χ3v) is 2.79. The highest BCUT2D eigenvalue weighted by atomic mass is 16.4. The van der Waals surface area contributed by atoms with Crippen LogP contribution in [0.2, 0.25) is 0 Å². The molecule has 0 aliphatic carbocycles. The molecule has 0 aliphatic rings. The Morgan fingerprint density at radius 3 is 2.72 bits per heavy atom. The summed E-state index contributed by atoms with van der Waals surface area (Å²) in [6.45, 7) is 3.92. The minimum absolute atomic E-state index is 0.239. The number of rotatable bonds is 7. The lowest BCUT2D eigenvalue weighted by atomic mass is 9.96. The Bertz CT molecular complexity index is 403. The summed E-state index contributed by atoms with van der Waals surface area (Å²) < 4.78 is 1.78. The number of nitrogens with zero attached hydrogens (tertiary/aromatic N) is 2. The van der Waals surface area contributed by atoms with E-state index in [1.807, 2.05) is 6.92 Å². The van der Waals surface area contributed by atoms with Crippen molar-refractivity contribution in [3.05, 3.63) is 18.7 Å². The van der Waals surface area contributed by atoms with Gasteiger partial charge >= 0.3 is 5.97 Å². The van der Waals surface area contributed by atoms with Gasteiger partial charge in [0.05, 0.1) is 6.33 Å². The molecule has 18 heavy (non-hydrogen) atoms. The molecule has 100 valence electrons. The van der Waals surface area contributed by atoms with E-state index in [-0.39, 0.29) is 12.3 Å². The summed E-state index contributed by atoms with van der Waals surface area (Å²) in [6, 6.07) is 0. The second kappa shape index (κ2) is 6.18. The lowest BCUT2D eigenvalue weighted by Crippen LogP contribution is -2.52. The molecule has 6 heteroatoms. The third kappa shape index (κ3) is 3.87. The molecule has 1 heterocycles. The van der Waals surface area contributed by atoms with Gasteiger partial charge in [0, 0.05) is 25.4 Å². The fourth-order valence-electron chi connectivity index (χ4n) is 1.74. The number of aryl methyl sites for hydroxylation is 1. The van der Waals surface area contributed by atoms with Gasteiger partial charge in [0.2, 0.25) is 5.91 Å². The number of carbonyl (C=O) groups excluding carboxylic acids is 1. The van der Waals surface area contributed by atoms with E-state index in [1.165, 1.54) is 6.92 Å². The molecule has 0 saturated heterocycles. The van der Waals surface area contributed by atoms with Crippen LogP contribution in [-0.2, 0) is 16.1 Å². The molecular formula is C12H19N3O3. The summed E-state index contributed by atoms with van der Waals surface area (Å²) in [5.74, 6) is -1.26. The zero-order valence-electron chi connectivity index (χ0n) is 10.7. The van der Waals surface area contributed by atoms with E-state index >= 15 is 0 Å². The number of aliphatic carboxylic acids is 1. The van der Waals surface area contributed by atoms with Gasteiger partial charge in [-0.2, -0.15) is 0 Å². The summed E-state index contributed by atoms with van der Waals surface area (Å²) in [7, 11) is 0. The molecule has 6 nitrogen and oxygen atoms in total. The van der Waals surface area contributed by atoms with Gasteiger partial charge in [-0.25, -0.2) is 9.78 Å². The van der Waals surface area contributed by atoms with Gasteiger partial charge in [0.15, 0.2) is 0 Å². The number of carbonyl (C=O) groups is 2. The van der Waals surface area contributed by atoms with E-state index in [1.54, 1.807) is 23.3 Å². The van der Waals surface area contributed by atoms with Crippen molar-refractivity contribution in [3.8, 4) is 0 Å². The highest BCUT2D eigenvalue weighted by molar-refractivity contribution is 5.86. The van der Waals surface area contributed by atoms with Crippen molar-refractivity contribution < 1.29 is 14.7 Å².